The predicted octanol–water partition coefficient (Wildman–Crippen LogP) is 4.54. The molecule has 0 aliphatic carbocycles. The van der Waals surface area contributed by atoms with Gasteiger partial charge in [-0.05, 0) is 31.3 Å². The van der Waals surface area contributed by atoms with Crippen LogP contribution in [-0.4, -0.2) is 9.55 Å². The summed E-state index contributed by atoms with van der Waals surface area (Å²) in [4.78, 5) is 3.02. The van der Waals surface area contributed by atoms with Crippen LogP contribution in [0.2, 0.25) is 10.0 Å². The standard InChI is InChI=1S/C11H10Cl2N2S/c1-2-15-10(6-14-11(15)16)7-3-4-8(12)9(13)5-7/h3-6H,2H2,1H3,(H,14,16). The number of H-pyrrole nitrogens is 1. The summed E-state index contributed by atoms with van der Waals surface area (Å²) < 4.78 is 2.72. The molecule has 0 aliphatic rings. The molecule has 2 nitrogen and oxygen atoms in total. The van der Waals surface area contributed by atoms with E-state index < -0.39 is 0 Å². The van der Waals surface area contributed by atoms with Gasteiger partial charge in [-0.25, -0.2) is 0 Å². The van der Waals surface area contributed by atoms with Crippen LogP contribution in [-0.2, 0) is 6.54 Å². The van der Waals surface area contributed by atoms with Gasteiger partial charge in [-0.1, -0.05) is 29.3 Å². The van der Waals surface area contributed by atoms with Gasteiger partial charge in [-0.3, -0.25) is 0 Å². The first-order valence-corrected chi connectivity index (χ1v) is 6.03. The second-order valence-corrected chi connectivity index (χ2v) is 4.55. The van der Waals surface area contributed by atoms with Crippen molar-refractivity contribution in [2.24, 2.45) is 0 Å². The van der Waals surface area contributed by atoms with Gasteiger partial charge >= 0.3 is 0 Å². The van der Waals surface area contributed by atoms with Crippen LogP contribution in [0.5, 0.6) is 0 Å². The summed E-state index contributed by atoms with van der Waals surface area (Å²) >= 11 is 17.0. The number of imidazole rings is 1. The third-order valence-corrected chi connectivity index (χ3v) is 3.48. The van der Waals surface area contributed by atoms with Gasteiger partial charge in [-0.15, -0.1) is 0 Å². The maximum Gasteiger partial charge on any atom is 0.177 e. The van der Waals surface area contributed by atoms with Crippen molar-refractivity contribution < 1.29 is 0 Å². The first-order valence-electron chi connectivity index (χ1n) is 4.87. The first kappa shape index (κ1) is 11.7. The van der Waals surface area contributed by atoms with Crippen molar-refractivity contribution >= 4 is 35.4 Å². The molecule has 1 aromatic heterocycles. The van der Waals surface area contributed by atoms with Crippen LogP contribution in [0.1, 0.15) is 6.92 Å². The Balaban J connectivity index is 2.58. The molecule has 1 N–H and O–H groups in total. The molecule has 0 atom stereocenters. The quantitative estimate of drug-likeness (QED) is 0.797. The third-order valence-electron chi connectivity index (χ3n) is 2.40. The molecule has 0 aliphatic heterocycles. The molecule has 1 aromatic carbocycles. The molecule has 0 saturated heterocycles. The van der Waals surface area contributed by atoms with E-state index in [1.54, 1.807) is 6.07 Å². The maximum absolute atomic E-state index is 5.99. The van der Waals surface area contributed by atoms with E-state index in [-0.39, 0.29) is 0 Å². The fourth-order valence-electron chi connectivity index (χ4n) is 1.60. The monoisotopic (exact) mass is 272 g/mol. The molecule has 0 spiro atoms. The highest BCUT2D eigenvalue weighted by atomic mass is 35.5. The normalized spacial score (nSPS) is 10.7. The minimum Gasteiger partial charge on any atom is -0.337 e. The second-order valence-electron chi connectivity index (χ2n) is 3.35. The second kappa shape index (κ2) is 4.62. The van der Waals surface area contributed by atoms with Gasteiger partial charge in [-0.2, -0.15) is 0 Å². The Morgan fingerprint density at radius 2 is 2.06 bits per heavy atom. The molecule has 2 rings (SSSR count). The van der Waals surface area contributed by atoms with Crippen molar-refractivity contribution in [2.45, 2.75) is 13.5 Å². The first-order chi connectivity index (χ1) is 7.63. The molecule has 0 fully saturated rings. The fraction of sp³-hybridized carbons (Fsp3) is 0.182. The number of benzene rings is 1. The number of nitrogens with zero attached hydrogens (tertiary/aromatic N) is 1. The summed E-state index contributed by atoms with van der Waals surface area (Å²) in [7, 11) is 0. The highest BCUT2D eigenvalue weighted by molar-refractivity contribution is 7.71. The van der Waals surface area contributed by atoms with Crippen molar-refractivity contribution in [3.8, 4) is 11.3 Å². The number of hydrogen-bond donors (Lipinski definition) is 1. The lowest BCUT2D eigenvalue weighted by atomic mass is 10.1. The van der Waals surface area contributed by atoms with Crippen LogP contribution < -0.4 is 0 Å². The zero-order valence-corrected chi connectivity index (χ0v) is 11.0. The topological polar surface area (TPSA) is 20.7 Å². The molecular weight excluding hydrogens is 263 g/mol. The van der Waals surface area contributed by atoms with Gasteiger partial charge in [0.25, 0.3) is 0 Å². The van der Waals surface area contributed by atoms with Crippen LogP contribution in [0, 0.1) is 4.77 Å². The molecular formula is C11H10Cl2N2S. The van der Waals surface area contributed by atoms with Gasteiger partial charge in [0.05, 0.1) is 15.7 Å². The molecule has 16 heavy (non-hydrogen) atoms. The molecule has 0 amide bonds. The van der Waals surface area contributed by atoms with Crippen LogP contribution >= 0.6 is 35.4 Å². The lowest BCUT2D eigenvalue weighted by Gasteiger charge is -2.06. The van der Waals surface area contributed by atoms with E-state index in [0.717, 1.165) is 17.8 Å². The number of aromatic nitrogens is 2. The molecule has 0 unspecified atom stereocenters. The van der Waals surface area contributed by atoms with Crippen LogP contribution in [0.25, 0.3) is 11.3 Å². The smallest absolute Gasteiger partial charge is 0.177 e. The van der Waals surface area contributed by atoms with E-state index in [1.165, 1.54) is 0 Å². The van der Waals surface area contributed by atoms with Crippen molar-refractivity contribution in [1.29, 1.82) is 0 Å². The highest BCUT2D eigenvalue weighted by Crippen LogP contribution is 2.28. The summed E-state index contributed by atoms with van der Waals surface area (Å²) in [6, 6.07) is 5.56. The van der Waals surface area contributed by atoms with Gasteiger partial charge < -0.3 is 9.55 Å². The van der Waals surface area contributed by atoms with E-state index in [4.69, 9.17) is 35.4 Å². The van der Waals surface area contributed by atoms with Crippen LogP contribution in [0.3, 0.4) is 0 Å². The Kier molecular flexibility index (Phi) is 3.38. The zero-order valence-electron chi connectivity index (χ0n) is 8.63. The predicted molar refractivity (Wildman–Crippen MR) is 70.7 cm³/mol. The Bertz CT molecular complexity index is 572. The summed E-state index contributed by atoms with van der Waals surface area (Å²) in [6.45, 7) is 2.86. The number of rotatable bonds is 2. The average molecular weight is 273 g/mol. The minimum absolute atomic E-state index is 0.550. The Morgan fingerprint density at radius 1 is 1.31 bits per heavy atom. The minimum atomic E-state index is 0.550. The Labute approximate surface area is 109 Å². The van der Waals surface area contributed by atoms with Crippen LogP contribution in [0.4, 0.5) is 0 Å². The van der Waals surface area contributed by atoms with E-state index in [2.05, 4.69) is 4.98 Å². The number of hydrogen-bond acceptors (Lipinski definition) is 1. The summed E-state index contributed by atoms with van der Waals surface area (Å²) in [5, 5.41) is 1.11. The van der Waals surface area contributed by atoms with Crippen molar-refractivity contribution in [1.82, 2.24) is 9.55 Å². The SMILES string of the molecule is CCn1c(-c2ccc(Cl)c(Cl)c2)c[nH]c1=S. The molecule has 0 radical (unpaired) electrons. The lowest BCUT2D eigenvalue weighted by Crippen LogP contribution is -1.96. The summed E-state index contributed by atoms with van der Waals surface area (Å²) in [5.74, 6) is 0. The molecule has 0 bridgehead atoms. The van der Waals surface area contributed by atoms with E-state index in [9.17, 15) is 0 Å². The van der Waals surface area contributed by atoms with Gasteiger partial charge in [0.2, 0.25) is 0 Å². The van der Waals surface area contributed by atoms with E-state index in [0.29, 0.717) is 14.8 Å². The summed E-state index contributed by atoms with van der Waals surface area (Å²) in [6.07, 6.45) is 1.88. The zero-order chi connectivity index (χ0) is 11.7. The van der Waals surface area contributed by atoms with Gasteiger partial charge in [0, 0.05) is 18.3 Å². The number of nitrogens with one attached hydrogen (secondary N) is 1. The van der Waals surface area contributed by atoms with Gasteiger partial charge in [0.15, 0.2) is 4.77 Å². The fourth-order valence-corrected chi connectivity index (χ4v) is 2.19. The molecule has 84 valence electrons. The van der Waals surface area contributed by atoms with Crippen molar-refractivity contribution in [3.05, 3.63) is 39.2 Å². The molecule has 1 heterocycles. The molecule has 5 heteroatoms. The van der Waals surface area contributed by atoms with Crippen LogP contribution in [0.15, 0.2) is 24.4 Å². The van der Waals surface area contributed by atoms with E-state index >= 15 is 0 Å². The Hall–Kier alpha value is -0.770. The molecule has 0 saturated carbocycles. The third kappa shape index (κ3) is 2.03. The van der Waals surface area contributed by atoms with E-state index in [1.807, 2.05) is 29.8 Å². The van der Waals surface area contributed by atoms with Gasteiger partial charge in [0.1, 0.15) is 0 Å². The molecule has 2 aromatic rings. The number of aromatic amines is 1. The largest absolute Gasteiger partial charge is 0.337 e. The maximum atomic E-state index is 5.99. The van der Waals surface area contributed by atoms with Crippen molar-refractivity contribution in [2.75, 3.05) is 0 Å². The number of halogens is 2. The Morgan fingerprint density at radius 3 is 2.69 bits per heavy atom. The lowest BCUT2D eigenvalue weighted by molar-refractivity contribution is 0.757. The summed E-state index contributed by atoms with van der Waals surface area (Å²) in [5.41, 5.74) is 2.02. The average Bonchev–Trinajstić information content (AvgIpc) is 2.63. The van der Waals surface area contributed by atoms with Crippen molar-refractivity contribution in [3.63, 3.8) is 0 Å². The highest BCUT2D eigenvalue weighted by Gasteiger charge is 2.07.